The van der Waals surface area contributed by atoms with Crippen molar-refractivity contribution >= 4 is 71.7 Å². The summed E-state index contributed by atoms with van der Waals surface area (Å²) in [7, 11) is 0. The molecule has 2 aliphatic rings. The van der Waals surface area contributed by atoms with Gasteiger partial charge < -0.3 is 89.6 Å². The first-order valence-corrected chi connectivity index (χ1v) is 31.9. The maximum Gasteiger partial charge on any atom is 0.415 e. The third kappa shape index (κ3) is 51.6. The Hall–Kier alpha value is -11.2. The van der Waals surface area contributed by atoms with E-state index in [4.69, 9.17) is 58.9 Å². The van der Waals surface area contributed by atoms with Gasteiger partial charge >= 0.3 is 48.0 Å². The van der Waals surface area contributed by atoms with Crippen LogP contribution in [0.15, 0.2) is 132 Å². The molecule has 4 aromatic rings. The zero-order valence-electron chi connectivity index (χ0n) is 56.4. The number of hydrogen-bond acceptors (Lipinski definition) is 25. The van der Waals surface area contributed by atoms with Crippen LogP contribution in [0.1, 0.15) is 110 Å². The minimum absolute atomic E-state index is 0. The SMILES string of the molecule is C.C.C.C.CC(=O)N[C@H](CCC(=O)OCc1ccccc1)C(=O)N[C@@H](CCC(=O)OCc1ccccc1)C(=O)NCCOCCOCCN=[N+]=[N-].O=C(CC[C@@H]1NC(=O)OC1=O)OCc1ccccc1.O=C(CC[C@H]1NC(=O)OC1=O)OCc1ccccc1.O=C([O-])C(F)F.[N-]=[N+]=NCCOCCOCC[NH3+]. The van der Waals surface area contributed by atoms with Crippen molar-refractivity contribution in [2.24, 2.45) is 10.2 Å². The highest BCUT2D eigenvalue weighted by Crippen LogP contribution is 2.13. The molecule has 107 heavy (non-hydrogen) atoms. The van der Waals surface area contributed by atoms with Crippen molar-refractivity contribution < 1.29 is 125 Å². The molecule has 0 bridgehead atoms. The summed E-state index contributed by atoms with van der Waals surface area (Å²) in [6.07, 6.45) is -4.94. The van der Waals surface area contributed by atoms with Crippen molar-refractivity contribution in [1.82, 2.24) is 26.6 Å². The maximum atomic E-state index is 13.2. The number of rotatable bonds is 42. The molecule has 0 radical (unpaired) electrons. The number of alkyl carbamates (subject to hydrolysis) is 2. The lowest BCUT2D eigenvalue weighted by atomic mass is 10.1. The number of nitrogens with zero attached hydrogens (tertiary/aromatic N) is 6. The van der Waals surface area contributed by atoms with Crippen LogP contribution in [-0.4, -0.2) is 181 Å². The zero-order chi connectivity index (χ0) is 75.7. The lowest BCUT2D eigenvalue weighted by molar-refractivity contribution is -0.374. The topological polar surface area (TPSA) is 506 Å². The van der Waals surface area contributed by atoms with E-state index < -0.39 is 102 Å². The third-order valence-electron chi connectivity index (χ3n) is 12.9. The first-order valence-electron chi connectivity index (χ1n) is 31.9. The second-order valence-corrected chi connectivity index (χ2v) is 21.0. The number of azide groups is 2. The predicted octanol–water partition coefficient (Wildman–Crippen LogP) is 5.89. The molecule has 0 aliphatic carbocycles. The maximum absolute atomic E-state index is 13.2. The van der Waals surface area contributed by atoms with Gasteiger partial charge in [0.05, 0.1) is 59.4 Å². The number of ether oxygens (including phenoxy) is 10. The molecule has 5 amide bonds. The molecule has 8 N–H and O–H groups in total. The summed E-state index contributed by atoms with van der Waals surface area (Å²) in [5.41, 5.74) is 23.2. The van der Waals surface area contributed by atoms with E-state index >= 15 is 0 Å². The number of aliphatic carboxylic acids is 1. The highest BCUT2D eigenvalue weighted by molar-refractivity contribution is 5.96. The van der Waals surface area contributed by atoms with Gasteiger partial charge in [-0.3, -0.25) is 33.6 Å². The summed E-state index contributed by atoms with van der Waals surface area (Å²) >= 11 is 0. The molecular formula is C70H100F2N12O23. The highest BCUT2D eigenvalue weighted by atomic mass is 19.3. The monoisotopic (exact) mass is 1510 g/mol. The number of amides is 5. The number of quaternary nitrogens is 1. The molecule has 0 spiro atoms. The fourth-order valence-corrected chi connectivity index (χ4v) is 7.93. The summed E-state index contributed by atoms with van der Waals surface area (Å²) in [6.45, 7) is 6.36. The fraction of sp³-hybridized carbons (Fsp3) is 0.486. The van der Waals surface area contributed by atoms with Crippen molar-refractivity contribution in [2.75, 3.05) is 79.0 Å². The second kappa shape index (κ2) is 63.3. The molecule has 0 aromatic heterocycles. The van der Waals surface area contributed by atoms with Crippen LogP contribution in [-0.2, 0) is 122 Å². The van der Waals surface area contributed by atoms with Gasteiger partial charge in [-0.25, -0.2) is 28.0 Å². The van der Waals surface area contributed by atoms with Crippen molar-refractivity contribution in [1.29, 1.82) is 0 Å². The largest absolute Gasteiger partial charge is 0.544 e. The van der Waals surface area contributed by atoms with Crippen molar-refractivity contribution in [3.05, 3.63) is 164 Å². The summed E-state index contributed by atoms with van der Waals surface area (Å²) in [5.74, 6) is -7.38. The molecule has 6 rings (SSSR count). The van der Waals surface area contributed by atoms with E-state index in [-0.39, 0.29) is 147 Å². The minimum atomic E-state index is -3.34. The summed E-state index contributed by atoms with van der Waals surface area (Å²) in [5, 5.41) is 27.9. The molecule has 35 nitrogen and oxygen atoms in total. The highest BCUT2D eigenvalue weighted by Gasteiger charge is 2.34. The number of cyclic esters (lactones) is 4. The number of benzene rings is 4. The van der Waals surface area contributed by atoms with Crippen molar-refractivity contribution in [2.45, 2.75) is 145 Å². The van der Waals surface area contributed by atoms with Crippen LogP contribution in [0.2, 0.25) is 0 Å². The molecule has 2 fully saturated rings. The van der Waals surface area contributed by atoms with Gasteiger partial charge in [-0.15, -0.1) is 0 Å². The molecule has 0 saturated carbocycles. The first-order chi connectivity index (χ1) is 49.6. The lowest BCUT2D eigenvalue weighted by Gasteiger charge is -2.23. The van der Waals surface area contributed by atoms with Gasteiger partial charge in [0.15, 0.2) is 0 Å². The molecule has 37 heteroatoms. The standard InChI is InChI=1S/C32H42N6O9.2C13H13NO5.C6H14N4O2.C2H2F2O2.4CH4/c1-24(39)36-28(13-15-30(41)47-23-26-10-6-3-7-11-26)32(43)37-27(12-14-29(40)46-22-25-8-4-2-5-9-25)31(42)34-16-18-44-20-21-45-19-17-35-38-33;2*15-11(18-8-9-4-2-1-3-5-9)7-6-10-12(16)19-13(17)14-10;7-1-3-11-5-6-12-4-2-9-10-8;3-1(4)2(5)6;;;;/h2-11,27-28H,12-23H2,1H3,(H,34,42)(H,36,39)(H,37,43);2*1-5,10H,6-8H2,(H,14,17);1-7H2;1H,(H,5,6);4*1H4/t27-,28+;2*10-;;;;;;/m010....../s1. The Kier molecular flexibility index (Phi) is 59.1. The van der Waals surface area contributed by atoms with E-state index in [0.717, 1.165) is 28.8 Å². The van der Waals surface area contributed by atoms with Gasteiger partial charge in [0.25, 0.3) is 6.43 Å². The predicted molar refractivity (Wildman–Crippen MR) is 378 cm³/mol. The minimum Gasteiger partial charge on any atom is -0.544 e. The summed E-state index contributed by atoms with van der Waals surface area (Å²) < 4.78 is 71.1. The Morgan fingerprint density at radius 1 is 0.505 bits per heavy atom. The molecule has 4 aromatic carbocycles. The van der Waals surface area contributed by atoms with Crippen LogP contribution >= 0.6 is 0 Å². The number of carbonyl (C=O) groups is 12. The fourth-order valence-electron chi connectivity index (χ4n) is 7.93. The Balaban J connectivity index is -0.00000148. The van der Waals surface area contributed by atoms with Crippen LogP contribution < -0.4 is 37.4 Å². The van der Waals surface area contributed by atoms with Gasteiger partial charge in [-0.1, -0.05) is 161 Å². The number of halogens is 2. The van der Waals surface area contributed by atoms with Crippen LogP contribution in [0, 0.1) is 0 Å². The number of nitrogens with one attached hydrogen (secondary N) is 5. The molecule has 4 atom stereocenters. The zero-order valence-corrected chi connectivity index (χ0v) is 56.4. The Bertz CT molecular complexity index is 3240. The number of carboxylic acids is 1. The van der Waals surface area contributed by atoms with Crippen molar-refractivity contribution in [3.63, 3.8) is 0 Å². The van der Waals surface area contributed by atoms with E-state index in [1.165, 1.54) is 6.92 Å². The van der Waals surface area contributed by atoms with Crippen molar-refractivity contribution in [3.8, 4) is 0 Å². The molecule has 592 valence electrons. The average molecular weight is 1520 g/mol. The van der Waals surface area contributed by atoms with Gasteiger partial charge in [0, 0.05) is 62.1 Å². The average Bonchev–Trinajstić information content (AvgIpc) is 1.82. The molecular weight excluding hydrogens is 1410 g/mol. The lowest BCUT2D eigenvalue weighted by Crippen LogP contribution is -2.54. The van der Waals surface area contributed by atoms with Gasteiger partial charge in [-0.05, 0) is 59.0 Å². The first kappa shape index (κ1) is 100.0. The van der Waals surface area contributed by atoms with Crippen LogP contribution in [0.3, 0.4) is 0 Å². The molecule has 0 unspecified atom stereocenters. The quantitative estimate of drug-likeness (QED) is 0.00572. The van der Waals surface area contributed by atoms with E-state index in [9.17, 15) is 61.5 Å². The number of hydrogen-bond donors (Lipinski definition) is 6. The molecule has 2 heterocycles. The smallest absolute Gasteiger partial charge is 0.415 e. The number of esters is 6. The molecule has 2 saturated heterocycles. The van der Waals surface area contributed by atoms with E-state index in [2.05, 4.69) is 61.8 Å². The van der Waals surface area contributed by atoms with Gasteiger partial charge in [0.2, 0.25) is 17.7 Å². The number of carboxylic acid groups (broad SMARTS) is 1. The normalized spacial score (nSPS) is 13.0. The molecule has 2 aliphatic heterocycles. The van der Waals surface area contributed by atoms with E-state index in [1.54, 1.807) is 24.3 Å². The number of alkyl halides is 2. The van der Waals surface area contributed by atoms with E-state index in [1.807, 2.05) is 97.1 Å². The summed E-state index contributed by atoms with van der Waals surface area (Å²) in [6, 6.07) is 32.9. The Morgan fingerprint density at radius 3 is 1.12 bits per heavy atom. The van der Waals surface area contributed by atoms with Crippen LogP contribution in [0.25, 0.3) is 20.9 Å². The Labute approximate surface area is 619 Å². The van der Waals surface area contributed by atoms with Crippen LogP contribution in [0.4, 0.5) is 18.4 Å². The van der Waals surface area contributed by atoms with Gasteiger partial charge in [0.1, 0.15) is 56.6 Å². The van der Waals surface area contributed by atoms with Crippen LogP contribution in [0.5, 0.6) is 0 Å². The second-order valence-electron chi connectivity index (χ2n) is 21.0. The Morgan fingerprint density at radius 2 is 0.822 bits per heavy atom. The summed E-state index contributed by atoms with van der Waals surface area (Å²) in [4.78, 5) is 144. The van der Waals surface area contributed by atoms with Gasteiger partial charge in [-0.2, -0.15) is 0 Å². The third-order valence-corrected chi connectivity index (χ3v) is 12.9. The van der Waals surface area contributed by atoms with E-state index in [0.29, 0.717) is 33.0 Å². The number of carbonyl (C=O) groups excluding carboxylic acids is 12.